The average Bonchev–Trinajstić information content (AvgIpc) is 3.34. The van der Waals surface area contributed by atoms with Crippen molar-refractivity contribution in [2.45, 2.75) is 347 Å². The Labute approximate surface area is 424 Å². The highest BCUT2D eigenvalue weighted by Crippen LogP contribution is 2.18. The summed E-state index contributed by atoms with van der Waals surface area (Å²) < 4.78 is 5.47. The van der Waals surface area contributed by atoms with E-state index >= 15 is 0 Å². The quantitative estimate of drug-likeness (QED) is 0.0321. The fourth-order valence-corrected chi connectivity index (χ4v) is 9.54. The third-order valence-electron chi connectivity index (χ3n) is 14.3. The highest BCUT2D eigenvalue weighted by molar-refractivity contribution is 5.76. The second-order valence-corrected chi connectivity index (χ2v) is 21.0. The first kappa shape index (κ1) is 66.3. The number of hydrogen-bond donors (Lipinski definition) is 3. The fraction of sp³-hybridized carbons (Fsp3) is 0.903. The van der Waals surface area contributed by atoms with Gasteiger partial charge in [-0.2, -0.15) is 0 Å². The van der Waals surface area contributed by atoms with E-state index in [2.05, 4.69) is 43.5 Å². The molecule has 2 unspecified atom stereocenters. The molecule has 1 amide bonds. The van der Waals surface area contributed by atoms with Crippen LogP contribution in [-0.4, -0.2) is 47.4 Å². The molecule has 0 aliphatic rings. The normalized spacial score (nSPS) is 12.7. The second kappa shape index (κ2) is 57.9. The Balaban J connectivity index is 3.43. The molecule has 0 fully saturated rings. The number of carbonyl (C=O) groups is 2. The molecule has 0 spiro atoms. The molecule has 0 saturated heterocycles. The Morgan fingerprint density at radius 1 is 0.412 bits per heavy atom. The van der Waals surface area contributed by atoms with Gasteiger partial charge in [0.2, 0.25) is 5.91 Å². The van der Waals surface area contributed by atoms with Crippen molar-refractivity contribution in [2.75, 3.05) is 13.2 Å². The van der Waals surface area contributed by atoms with Crippen LogP contribution in [0.15, 0.2) is 24.3 Å². The average molecular weight is 959 g/mol. The zero-order valence-electron chi connectivity index (χ0n) is 45.9. The Morgan fingerprint density at radius 3 is 1.16 bits per heavy atom. The molecule has 6 nitrogen and oxygen atoms in total. The summed E-state index contributed by atoms with van der Waals surface area (Å²) in [7, 11) is 0. The van der Waals surface area contributed by atoms with Crippen LogP contribution < -0.4 is 5.32 Å². The highest BCUT2D eigenvalue weighted by atomic mass is 16.5. The third kappa shape index (κ3) is 53.7. The van der Waals surface area contributed by atoms with E-state index in [-0.39, 0.29) is 18.5 Å². The number of aliphatic hydroxyl groups excluding tert-OH is 2. The first-order valence-corrected chi connectivity index (χ1v) is 30.6. The van der Waals surface area contributed by atoms with Crippen molar-refractivity contribution in [3.63, 3.8) is 0 Å². The third-order valence-corrected chi connectivity index (χ3v) is 14.3. The van der Waals surface area contributed by atoms with Gasteiger partial charge in [-0.05, 0) is 51.4 Å². The Kier molecular flexibility index (Phi) is 56.5. The van der Waals surface area contributed by atoms with Gasteiger partial charge >= 0.3 is 5.97 Å². The molecule has 0 bridgehead atoms. The Bertz CT molecular complexity index is 1060. The van der Waals surface area contributed by atoms with Gasteiger partial charge in [0.1, 0.15) is 0 Å². The fourth-order valence-electron chi connectivity index (χ4n) is 9.54. The topological polar surface area (TPSA) is 95.9 Å². The maximum atomic E-state index is 12.5. The molecular weight excluding hydrogens is 839 g/mol. The zero-order chi connectivity index (χ0) is 49.3. The lowest BCUT2D eigenvalue weighted by Crippen LogP contribution is -2.45. The van der Waals surface area contributed by atoms with Gasteiger partial charge < -0.3 is 20.3 Å². The Morgan fingerprint density at radius 2 is 0.750 bits per heavy atom. The van der Waals surface area contributed by atoms with Crippen molar-refractivity contribution in [1.82, 2.24) is 5.32 Å². The molecule has 0 aromatic carbocycles. The number of amides is 1. The van der Waals surface area contributed by atoms with Gasteiger partial charge in [0, 0.05) is 12.8 Å². The van der Waals surface area contributed by atoms with Crippen LogP contribution in [0.1, 0.15) is 335 Å². The second-order valence-electron chi connectivity index (χ2n) is 21.0. The molecule has 0 aromatic heterocycles. The predicted molar refractivity (Wildman–Crippen MR) is 296 cm³/mol. The Hall–Kier alpha value is -1.66. The first-order chi connectivity index (χ1) is 33.5. The van der Waals surface area contributed by atoms with E-state index in [1.807, 2.05) is 0 Å². The van der Waals surface area contributed by atoms with E-state index in [0.29, 0.717) is 25.9 Å². The number of nitrogens with one attached hydrogen (secondary N) is 1. The van der Waals surface area contributed by atoms with Crippen molar-refractivity contribution < 1.29 is 24.5 Å². The summed E-state index contributed by atoms with van der Waals surface area (Å²) in [6.07, 6.45) is 70.3. The van der Waals surface area contributed by atoms with Crippen LogP contribution in [0, 0.1) is 0 Å². The molecular formula is C62H119NO5. The van der Waals surface area contributed by atoms with Gasteiger partial charge in [0.05, 0.1) is 25.4 Å². The molecule has 2 atom stereocenters. The lowest BCUT2D eigenvalue weighted by atomic mass is 10.0. The van der Waals surface area contributed by atoms with Crippen molar-refractivity contribution in [3.05, 3.63) is 24.3 Å². The number of allylic oxidation sites excluding steroid dienone is 4. The van der Waals surface area contributed by atoms with E-state index in [0.717, 1.165) is 57.8 Å². The van der Waals surface area contributed by atoms with Crippen molar-refractivity contribution >= 4 is 11.9 Å². The monoisotopic (exact) mass is 958 g/mol. The van der Waals surface area contributed by atoms with Crippen LogP contribution in [-0.2, 0) is 14.3 Å². The first-order valence-electron chi connectivity index (χ1n) is 30.6. The lowest BCUT2D eigenvalue weighted by molar-refractivity contribution is -0.143. The molecule has 0 heterocycles. The number of hydrogen-bond acceptors (Lipinski definition) is 5. The van der Waals surface area contributed by atoms with Gasteiger partial charge in [-0.15, -0.1) is 0 Å². The maximum Gasteiger partial charge on any atom is 0.305 e. The van der Waals surface area contributed by atoms with E-state index in [1.54, 1.807) is 0 Å². The molecule has 402 valence electrons. The minimum atomic E-state index is -0.672. The van der Waals surface area contributed by atoms with E-state index in [1.165, 1.54) is 244 Å². The summed E-state index contributed by atoms with van der Waals surface area (Å²) in [5, 5.41) is 23.4. The number of unbranched alkanes of at least 4 members (excludes halogenated alkanes) is 42. The van der Waals surface area contributed by atoms with Crippen LogP contribution in [0.5, 0.6) is 0 Å². The van der Waals surface area contributed by atoms with E-state index in [9.17, 15) is 19.8 Å². The van der Waals surface area contributed by atoms with Crippen molar-refractivity contribution in [2.24, 2.45) is 0 Å². The number of esters is 1. The van der Waals surface area contributed by atoms with Crippen LogP contribution >= 0.6 is 0 Å². The molecule has 0 saturated carbocycles. The van der Waals surface area contributed by atoms with Crippen molar-refractivity contribution in [3.8, 4) is 0 Å². The van der Waals surface area contributed by atoms with Crippen molar-refractivity contribution in [1.29, 1.82) is 0 Å². The number of aliphatic hydroxyl groups is 2. The van der Waals surface area contributed by atoms with E-state index < -0.39 is 12.1 Å². The molecule has 0 aliphatic carbocycles. The summed E-state index contributed by atoms with van der Waals surface area (Å²) in [5.74, 6) is -0.0539. The van der Waals surface area contributed by atoms with Gasteiger partial charge in [-0.3, -0.25) is 9.59 Å². The molecule has 0 aliphatic heterocycles. The highest BCUT2D eigenvalue weighted by Gasteiger charge is 2.20. The molecule has 0 aromatic rings. The smallest absolute Gasteiger partial charge is 0.305 e. The molecule has 3 N–H and O–H groups in total. The van der Waals surface area contributed by atoms with Gasteiger partial charge in [0.15, 0.2) is 0 Å². The largest absolute Gasteiger partial charge is 0.466 e. The standard InChI is InChI=1S/C62H119NO5/c1-3-5-7-9-11-13-15-17-19-20-21-22-23-24-25-27-30-34-38-42-46-50-54-60(65)59(58-64)63-61(66)55-51-47-43-39-35-31-28-26-29-33-37-41-45-49-53-57-68-62(67)56-52-48-44-40-36-32-18-16-14-12-10-8-6-4-2/h10,12,16,18,59-60,64-65H,3-9,11,13-15,17,19-58H2,1-2H3,(H,63,66)/b12-10-,18-16-. The predicted octanol–water partition coefficient (Wildman–Crippen LogP) is 19.0. The molecule has 6 heteroatoms. The summed E-state index contributed by atoms with van der Waals surface area (Å²) in [6.45, 7) is 4.91. The SMILES string of the molecule is CCCC/C=C\C/C=C\CCCCCCCC(=O)OCCCCCCCCCCCCCCCCCC(=O)NC(CO)C(O)CCCCCCCCCCCCCCCCCCCCCCCC. The van der Waals surface area contributed by atoms with Crippen LogP contribution in [0.3, 0.4) is 0 Å². The minimum Gasteiger partial charge on any atom is -0.466 e. The molecule has 0 rings (SSSR count). The summed E-state index contributed by atoms with van der Waals surface area (Å²) >= 11 is 0. The molecule has 0 radical (unpaired) electrons. The summed E-state index contributed by atoms with van der Waals surface area (Å²) in [5.41, 5.74) is 0. The molecule has 68 heavy (non-hydrogen) atoms. The van der Waals surface area contributed by atoms with E-state index in [4.69, 9.17) is 4.74 Å². The van der Waals surface area contributed by atoms with Gasteiger partial charge in [-0.1, -0.05) is 295 Å². The lowest BCUT2D eigenvalue weighted by Gasteiger charge is -2.22. The van der Waals surface area contributed by atoms with Gasteiger partial charge in [-0.25, -0.2) is 0 Å². The zero-order valence-corrected chi connectivity index (χ0v) is 45.9. The number of ether oxygens (including phenoxy) is 1. The number of rotatable bonds is 57. The van der Waals surface area contributed by atoms with Gasteiger partial charge in [0.25, 0.3) is 0 Å². The summed E-state index contributed by atoms with van der Waals surface area (Å²) in [6, 6.07) is -0.549. The maximum absolute atomic E-state index is 12.5. The number of carbonyl (C=O) groups excluding carboxylic acids is 2. The van der Waals surface area contributed by atoms with Crippen LogP contribution in [0.4, 0.5) is 0 Å². The van der Waals surface area contributed by atoms with Crippen LogP contribution in [0.2, 0.25) is 0 Å². The van der Waals surface area contributed by atoms with Crippen LogP contribution in [0.25, 0.3) is 0 Å². The minimum absolute atomic E-state index is 0.0131. The summed E-state index contributed by atoms with van der Waals surface area (Å²) in [4.78, 5) is 24.6.